The molecule has 8 heteroatoms. The predicted molar refractivity (Wildman–Crippen MR) is 84.7 cm³/mol. The summed E-state index contributed by atoms with van der Waals surface area (Å²) in [5.41, 5.74) is 3.72. The molecule has 0 aliphatic heterocycles. The molecule has 0 atom stereocenters. The summed E-state index contributed by atoms with van der Waals surface area (Å²) in [7, 11) is -3.59. The standard InChI is InChI=1S/C13H12N4O2S2/c14-16-13-15-11-7-6-9(8-12(11)20-13)17-21(18,19)10-4-2-1-3-5-10/h1-8,17H,14H2,(H,15,16). The zero-order valence-electron chi connectivity index (χ0n) is 10.8. The number of aromatic nitrogens is 1. The molecule has 0 unspecified atom stereocenters. The highest BCUT2D eigenvalue weighted by Gasteiger charge is 2.14. The Morgan fingerprint density at radius 2 is 1.86 bits per heavy atom. The molecule has 21 heavy (non-hydrogen) atoms. The van der Waals surface area contributed by atoms with Crippen LogP contribution in [0.3, 0.4) is 0 Å². The highest BCUT2D eigenvalue weighted by Crippen LogP contribution is 2.28. The number of sulfonamides is 1. The van der Waals surface area contributed by atoms with Crippen LogP contribution in [0.4, 0.5) is 10.8 Å². The van der Waals surface area contributed by atoms with Gasteiger partial charge in [0.2, 0.25) is 0 Å². The van der Waals surface area contributed by atoms with Crippen LogP contribution in [0.25, 0.3) is 10.2 Å². The fourth-order valence-electron chi connectivity index (χ4n) is 1.86. The van der Waals surface area contributed by atoms with Crippen molar-refractivity contribution in [2.75, 3.05) is 10.1 Å². The summed E-state index contributed by atoms with van der Waals surface area (Å²) < 4.78 is 27.9. The molecule has 0 amide bonds. The van der Waals surface area contributed by atoms with Crippen molar-refractivity contribution in [1.82, 2.24) is 4.98 Å². The van der Waals surface area contributed by atoms with E-state index >= 15 is 0 Å². The van der Waals surface area contributed by atoms with Crippen molar-refractivity contribution in [1.29, 1.82) is 0 Å². The normalized spacial score (nSPS) is 11.5. The number of nitrogens with two attached hydrogens (primary N) is 1. The number of nitrogens with one attached hydrogen (secondary N) is 2. The predicted octanol–water partition coefficient (Wildman–Crippen LogP) is 2.38. The molecule has 4 N–H and O–H groups in total. The van der Waals surface area contributed by atoms with Crippen LogP contribution >= 0.6 is 11.3 Å². The summed E-state index contributed by atoms with van der Waals surface area (Å²) in [5.74, 6) is 5.32. The van der Waals surface area contributed by atoms with Crippen LogP contribution < -0.4 is 16.0 Å². The van der Waals surface area contributed by atoms with Crippen molar-refractivity contribution in [3.63, 3.8) is 0 Å². The molecule has 0 spiro atoms. The van der Waals surface area contributed by atoms with E-state index in [2.05, 4.69) is 15.1 Å². The number of hydrogen-bond acceptors (Lipinski definition) is 6. The second kappa shape index (κ2) is 5.32. The largest absolute Gasteiger partial charge is 0.300 e. The Morgan fingerprint density at radius 1 is 1.10 bits per heavy atom. The number of nitrogen functional groups attached to an aromatic ring is 1. The average Bonchev–Trinajstić information content (AvgIpc) is 2.90. The molecule has 3 aromatic rings. The molecule has 108 valence electrons. The highest BCUT2D eigenvalue weighted by atomic mass is 32.2. The van der Waals surface area contributed by atoms with E-state index in [1.165, 1.54) is 11.3 Å². The van der Waals surface area contributed by atoms with Crippen molar-refractivity contribution in [2.24, 2.45) is 5.84 Å². The highest BCUT2D eigenvalue weighted by molar-refractivity contribution is 7.92. The monoisotopic (exact) mass is 320 g/mol. The number of rotatable bonds is 4. The minimum absolute atomic E-state index is 0.221. The number of anilines is 2. The van der Waals surface area contributed by atoms with Gasteiger partial charge in [-0.15, -0.1) is 0 Å². The van der Waals surface area contributed by atoms with E-state index in [-0.39, 0.29) is 4.90 Å². The lowest BCUT2D eigenvalue weighted by Gasteiger charge is -2.07. The van der Waals surface area contributed by atoms with Gasteiger partial charge in [-0.05, 0) is 30.3 Å². The summed E-state index contributed by atoms with van der Waals surface area (Å²) >= 11 is 1.35. The van der Waals surface area contributed by atoms with E-state index in [1.807, 2.05) is 0 Å². The second-order valence-corrected chi connectivity index (χ2v) is 6.98. The third-order valence-corrected chi connectivity index (χ3v) is 5.16. The Morgan fingerprint density at radius 3 is 2.57 bits per heavy atom. The molecule has 0 aliphatic rings. The summed E-state index contributed by atoms with van der Waals surface area (Å²) in [6.45, 7) is 0. The van der Waals surface area contributed by atoms with Crippen LogP contribution in [0.5, 0.6) is 0 Å². The first-order valence-electron chi connectivity index (χ1n) is 6.03. The minimum atomic E-state index is -3.59. The van der Waals surface area contributed by atoms with E-state index < -0.39 is 10.0 Å². The van der Waals surface area contributed by atoms with Crippen LogP contribution in [0.1, 0.15) is 0 Å². The topological polar surface area (TPSA) is 97.1 Å². The van der Waals surface area contributed by atoms with Crippen LogP contribution in [0.15, 0.2) is 53.4 Å². The maximum Gasteiger partial charge on any atom is 0.261 e. The zero-order valence-corrected chi connectivity index (χ0v) is 12.4. The molecule has 1 heterocycles. The molecule has 2 aromatic carbocycles. The van der Waals surface area contributed by atoms with Crippen LogP contribution in [-0.4, -0.2) is 13.4 Å². The van der Waals surface area contributed by atoms with Gasteiger partial charge in [-0.2, -0.15) is 0 Å². The fourth-order valence-corrected chi connectivity index (χ4v) is 3.75. The number of benzene rings is 2. The first kappa shape index (κ1) is 13.8. The van der Waals surface area contributed by atoms with Crippen molar-refractivity contribution in [3.8, 4) is 0 Å². The van der Waals surface area contributed by atoms with Crippen molar-refractivity contribution in [2.45, 2.75) is 4.90 Å². The molecule has 0 radical (unpaired) electrons. The molecular weight excluding hydrogens is 308 g/mol. The summed E-state index contributed by atoms with van der Waals surface area (Å²) in [6, 6.07) is 13.4. The van der Waals surface area contributed by atoms with Crippen molar-refractivity contribution >= 4 is 42.4 Å². The van der Waals surface area contributed by atoms with Gasteiger partial charge in [0.25, 0.3) is 10.0 Å². The van der Waals surface area contributed by atoms with Gasteiger partial charge in [0.05, 0.1) is 20.8 Å². The maximum absolute atomic E-state index is 12.2. The molecule has 0 aliphatic carbocycles. The smallest absolute Gasteiger partial charge is 0.261 e. The molecule has 6 nitrogen and oxygen atoms in total. The van der Waals surface area contributed by atoms with Gasteiger partial charge in [0.15, 0.2) is 5.13 Å². The lowest BCUT2D eigenvalue weighted by molar-refractivity contribution is 0.601. The molecule has 3 rings (SSSR count). The fraction of sp³-hybridized carbons (Fsp3) is 0. The minimum Gasteiger partial charge on any atom is -0.300 e. The molecule has 1 aromatic heterocycles. The molecule has 0 bridgehead atoms. The van der Waals surface area contributed by atoms with Gasteiger partial charge >= 0.3 is 0 Å². The van der Waals surface area contributed by atoms with Gasteiger partial charge in [-0.3, -0.25) is 10.1 Å². The molecule has 0 fully saturated rings. The van der Waals surface area contributed by atoms with E-state index in [1.54, 1.807) is 48.5 Å². The van der Waals surface area contributed by atoms with Crippen LogP contribution in [0.2, 0.25) is 0 Å². The number of hydrazine groups is 1. The first-order valence-corrected chi connectivity index (χ1v) is 8.33. The quantitative estimate of drug-likeness (QED) is 0.506. The third-order valence-electron chi connectivity index (χ3n) is 2.82. The Labute approximate surface area is 125 Å². The van der Waals surface area contributed by atoms with Gasteiger partial charge < -0.3 is 0 Å². The van der Waals surface area contributed by atoms with Crippen molar-refractivity contribution < 1.29 is 8.42 Å². The summed E-state index contributed by atoms with van der Waals surface area (Å²) in [4.78, 5) is 4.45. The lowest BCUT2D eigenvalue weighted by atomic mass is 10.3. The maximum atomic E-state index is 12.2. The SMILES string of the molecule is NNc1nc2ccc(NS(=O)(=O)c3ccccc3)cc2s1. The third kappa shape index (κ3) is 2.82. The molecule has 0 saturated carbocycles. The van der Waals surface area contributed by atoms with E-state index in [4.69, 9.17) is 5.84 Å². The summed E-state index contributed by atoms with van der Waals surface area (Å²) in [5, 5.41) is 0.577. The lowest BCUT2D eigenvalue weighted by Crippen LogP contribution is -2.12. The van der Waals surface area contributed by atoms with E-state index in [9.17, 15) is 8.42 Å². The Hall–Kier alpha value is -2.16. The Bertz CT molecular complexity index is 876. The zero-order chi connectivity index (χ0) is 14.9. The van der Waals surface area contributed by atoms with Crippen LogP contribution in [-0.2, 0) is 10.0 Å². The molecular formula is C13H12N4O2S2. The van der Waals surface area contributed by atoms with Gasteiger partial charge in [0.1, 0.15) is 0 Å². The average molecular weight is 320 g/mol. The number of fused-ring (bicyclic) bond motifs is 1. The van der Waals surface area contributed by atoms with E-state index in [0.29, 0.717) is 10.8 Å². The first-order chi connectivity index (χ1) is 10.1. The summed E-state index contributed by atoms with van der Waals surface area (Å²) in [6.07, 6.45) is 0. The van der Waals surface area contributed by atoms with Gasteiger partial charge in [0, 0.05) is 0 Å². The number of thiazole rings is 1. The second-order valence-electron chi connectivity index (χ2n) is 4.26. The number of hydrogen-bond donors (Lipinski definition) is 3. The van der Waals surface area contributed by atoms with Crippen LogP contribution in [0, 0.1) is 0 Å². The van der Waals surface area contributed by atoms with Gasteiger partial charge in [-0.1, -0.05) is 29.5 Å². The van der Waals surface area contributed by atoms with Gasteiger partial charge in [-0.25, -0.2) is 19.2 Å². The Kier molecular flexibility index (Phi) is 3.50. The Balaban J connectivity index is 1.94. The van der Waals surface area contributed by atoms with E-state index in [0.717, 1.165) is 10.2 Å². The van der Waals surface area contributed by atoms with Crippen molar-refractivity contribution in [3.05, 3.63) is 48.5 Å². The molecule has 0 saturated heterocycles. The number of nitrogens with zero attached hydrogens (tertiary/aromatic N) is 1.